The van der Waals surface area contributed by atoms with Crippen LogP contribution in [-0.4, -0.2) is 28.1 Å². The number of rotatable bonds is 5. The minimum atomic E-state index is -0.447. The molecule has 3 rings (SSSR count). The molecule has 6 nitrogen and oxygen atoms in total. The van der Waals surface area contributed by atoms with E-state index < -0.39 is 5.91 Å². The van der Waals surface area contributed by atoms with Crippen LogP contribution in [0.3, 0.4) is 0 Å². The van der Waals surface area contributed by atoms with E-state index in [1.807, 2.05) is 24.4 Å². The van der Waals surface area contributed by atoms with Crippen molar-refractivity contribution < 1.29 is 9.59 Å². The molecule has 0 aliphatic heterocycles. The van der Waals surface area contributed by atoms with Crippen molar-refractivity contribution in [3.63, 3.8) is 0 Å². The van der Waals surface area contributed by atoms with Gasteiger partial charge in [-0.2, -0.15) is 5.10 Å². The van der Waals surface area contributed by atoms with E-state index in [0.717, 1.165) is 17.0 Å². The highest BCUT2D eigenvalue weighted by Gasteiger charge is 2.15. The quantitative estimate of drug-likeness (QED) is 0.693. The van der Waals surface area contributed by atoms with Gasteiger partial charge in [0.05, 0.1) is 22.1 Å². The molecule has 0 radical (unpaired) electrons. The van der Waals surface area contributed by atoms with Gasteiger partial charge in [-0.3, -0.25) is 9.59 Å². The Morgan fingerprint density at radius 2 is 1.96 bits per heavy atom. The lowest BCUT2D eigenvalue weighted by Crippen LogP contribution is -2.32. The first-order valence-corrected chi connectivity index (χ1v) is 8.73. The first-order valence-electron chi connectivity index (χ1n) is 7.16. The first-order chi connectivity index (χ1) is 12.0. The van der Waals surface area contributed by atoms with Gasteiger partial charge in [-0.05, 0) is 36.4 Å². The Bertz CT molecular complexity index is 892. The molecular formula is C16H12Cl2N4O2S. The smallest absolute Gasteiger partial charge is 0.254 e. The van der Waals surface area contributed by atoms with Gasteiger partial charge in [0.2, 0.25) is 5.91 Å². The number of hydrogen-bond donors (Lipinski definition) is 2. The van der Waals surface area contributed by atoms with Crippen LogP contribution in [0.4, 0.5) is 5.69 Å². The highest BCUT2D eigenvalue weighted by Crippen LogP contribution is 2.30. The molecule has 0 fully saturated rings. The van der Waals surface area contributed by atoms with Crippen LogP contribution in [0.15, 0.2) is 48.8 Å². The molecule has 0 unspecified atom stereocenters. The normalized spacial score (nSPS) is 10.5. The van der Waals surface area contributed by atoms with Crippen molar-refractivity contribution in [2.24, 2.45) is 0 Å². The fourth-order valence-corrected chi connectivity index (χ4v) is 3.53. The van der Waals surface area contributed by atoms with Gasteiger partial charge in [-0.1, -0.05) is 23.2 Å². The van der Waals surface area contributed by atoms with Crippen LogP contribution in [0.5, 0.6) is 0 Å². The second kappa shape index (κ2) is 7.69. The molecular weight excluding hydrogens is 383 g/mol. The van der Waals surface area contributed by atoms with Crippen LogP contribution in [0, 0.1) is 0 Å². The average Bonchev–Trinajstić information content (AvgIpc) is 3.23. The average molecular weight is 395 g/mol. The van der Waals surface area contributed by atoms with Crippen LogP contribution in [0.1, 0.15) is 10.4 Å². The van der Waals surface area contributed by atoms with Crippen LogP contribution in [0.25, 0.3) is 5.69 Å². The van der Waals surface area contributed by atoms with Crippen LogP contribution in [0.2, 0.25) is 8.67 Å². The molecule has 0 bridgehead atoms. The van der Waals surface area contributed by atoms with E-state index in [1.165, 1.54) is 6.07 Å². The zero-order valence-corrected chi connectivity index (χ0v) is 15.0. The molecule has 0 aliphatic carbocycles. The molecule has 0 saturated heterocycles. The van der Waals surface area contributed by atoms with Crippen molar-refractivity contribution in [3.05, 3.63) is 63.0 Å². The molecule has 2 N–H and O–H groups in total. The van der Waals surface area contributed by atoms with Crippen molar-refractivity contribution in [1.29, 1.82) is 0 Å². The van der Waals surface area contributed by atoms with Gasteiger partial charge in [-0.15, -0.1) is 11.3 Å². The van der Waals surface area contributed by atoms with Gasteiger partial charge >= 0.3 is 0 Å². The second-order valence-electron chi connectivity index (χ2n) is 4.97. The van der Waals surface area contributed by atoms with Gasteiger partial charge < -0.3 is 10.6 Å². The molecule has 9 heteroatoms. The standard InChI is InChI=1S/C16H12Cl2N4O2S/c17-13-8-12(15(18)25-13)16(24)19-9-14(23)21-10-2-4-11(5-3-10)22-7-1-6-20-22/h1-8H,9H2,(H,19,24)(H,21,23). The SMILES string of the molecule is O=C(CNC(=O)c1cc(Cl)sc1Cl)Nc1ccc(-n2cccn2)cc1. The van der Waals surface area contributed by atoms with Crippen LogP contribution < -0.4 is 10.6 Å². The maximum Gasteiger partial charge on any atom is 0.254 e. The number of anilines is 1. The highest BCUT2D eigenvalue weighted by atomic mass is 35.5. The third-order valence-electron chi connectivity index (χ3n) is 3.23. The number of carbonyl (C=O) groups excluding carboxylic acids is 2. The topological polar surface area (TPSA) is 76.0 Å². The van der Waals surface area contributed by atoms with Crippen molar-refractivity contribution in [2.45, 2.75) is 0 Å². The summed E-state index contributed by atoms with van der Waals surface area (Å²) in [5, 5.41) is 9.33. The molecule has 0 aliphatic rings. The molecule has 2 aromatic heterocycles. The van der Waals surface area contributed by atoms with E-state index in [1.54, 1.807) is 23.0 Å². The molecule has 0 spiro atoms. The molecule has 128 valence electrons. The van der Waals surface area contributed by atoms with Crippen LogP contribution >= 0.6 is 34.5 Å². The van der Waals surface area contributed by atoms with Crippen molar-refractivity contribution in [2.75, 3.05) is 11.9 Å². The summed E-state index contributed by atoms with van der Waals surface area (Å²) in [6, 6.07) is 10.5. The summed E-state index contributed by atoms with van der Waals surface area (Å²) in [4.78, 5) is 23.9. The van der Waals surface area contributed by atoms with E-state index in [4.69, 9.17) is 23.2 Å². The summed E-state index contributed by atoms with van der Waals surface area (Å²) in [6.45, 7) is -0.177. The number of hydrogen-bond acceptors (Lipinski definition) is 4. The Labute approximate surface area is 157 Å². The van der Waals surface area contributed by atoms with E-state index in [9.17, 15) is 9.59 Å². The minimum Gasteiger partial charge on any atom is -0.343 e. The summed E-state index contributed by atoms with van der Waals surface area (Å²) < 4.78 is 2.41. The van der Waals surface area contributed by atoms with E-state index in [0.29, 0.717) is 10.0 Å². The summed E-state index contributed by atoms with van der Waals surface area (Å²) in [7, 11) is 0. The lowest BCUT2D eigenvalue weighted by molar-refractivity contribution is -0.115. The number of nitrogens with one attached hydrogen (secondary N) is 2. The third-order valence-corrected chi connectivity index (χ3v) is 4.72. The highest BCUT2D eigenvalue weighted by molar-refractivity contribution is 7.20. The van der Waals surface area contributed by atoms with Gasteiger partial charge in [-0.25, -0.2) is 4.68 Å². The predicted octanol–water partition coefficient (Wildman–Crippen LogP) is 3.61. The Morgan fingerprint density at radius 3 is 2.56 bits per heavy atom. The Morgan fingerprint density at radius 1 is 1.20 bits per heavy atom. The van der Waals surface area contributed by atoms with E-state index in [-0.39, 0.29) is 22.4 Å². The molecule has 2 amide bonds. The summed E-state index contributed by atoms with van der Waals surface area (Å²) in [6.07, 6.45) is 3.51. The first kappa shape index (κ1) is 17.5. The van der Waals surface area contributed by atoms with Crippen LogP contribution in [-0.2, 0) is 4.79 Å². The maximum atomic E-state index is 12.0. The molecule has 25 heavy (non-hydrogen) atoms. The number of amides is 2. The predicted molar refractivity (Wildman–Crippen MR) is 98.9 cm³/mol. The molecule has 1 aromatic carbocycles. The number of nitrogens with zero attached hydrogens (tertiary/aromatic N) is 2. The number of thiophene rings is 1. The largest absolute Gasteiger partial charge is 0.343 e. The van der Waals surface area contributed by atoms with E-state index in [2.05, 4.69) is 15.7 Å². The molecule has 0 saturated carbocycles. The Hall–Kier alpha value is -2.35. The number of carbonyl (C=O) groups is 2. The second-order valence-corrected chi connectivity index (χ2v) is 7.25. The molecule has 0 atom stereocenters. The fourth-order valence-electron chi connectivity index (χ4n) is 2.08. The minimum absolute atomic E-state index is 0.177. The maximum absolute atomic E-state index is 12.0. The van der Waals surface area contributed by atoms with Crippen molar-refractivity contribution in [3.8, 4) is 5.69 Å². The van der Waals surface area contributed by atoms with Gasteiger partial charge in [0.25, 0.3) is 5.91 Å². The Kier molecular flexibility index (Phi) is 5.37. The van der Waals surface area contributed by atoms with Crippen molar-refractivity contribution in [1.82, 2.24) is 15.1 Å². The summed E-state index contributed by atoms with van der Waals surface area (Å²) in [5.74, 6) is -0.796. The third kappa shape index (κ3) is 4.39. The number of halogens is 2. The lowest BCUT2D eigenvalue weighted by atomic mass is 10.2. The monoisotopic (exact) mass is 394 g/mol. The molecule has 2 heterocycles. The Balaban J connectivity index is 1.54. The van der Waals surface area contributed by atoms with Gasteiger partial charge in [0.1, 0.15) is 4.34 Å². The zero-order valence-electron chi connectivity index (χ0n) is 12.7. The van der Waals surface area contributed by atoms with Crippen molar-refractivity contribution >= 4 is 52.0 Å². The van der Waals surface area contributed by atoms with Gasteiger partial charge in [0.15, 0.2) is 0 Å². The van der Waals surface area contributed by atoms with E-state index >= 15 is 0 Å². The lowest BCUT2D eigenvalue weighted by Gasteiger charge is -2.08. The summed E-state index contributed by atoms with van der Waals surface area (Å²) in [5.41, 5.74) is 1.75. The van der Waals surface area contributed by atoms with Gasteiger partial charge in [0, 0.05) is 18.1 Å². The zero-order chi connectivity index (χ0) is 17.8. The molecule has 3 aromatic rings. The number of aromatic nitrogens is 2. The number of benzene rings is 1. The fraction of sp³-hybridized carbons (Fsp3) is 0.0625. The summed E-state index contributed by atoms with van der Waals surface area (Å²) >= 11 is 12.8.